The minimum absolute atomic E-state index is 0.0259. The summed E-state index contributed by atoms with van der Waals surface area (Å²) in [6.07, 6.45) is 0. The van der Waals surface area contributed by atoms with Crippen molar-refractivity contribution in [3.63, 3.8) is 0 Å². The largest absolute Gasteiger partial charge is 0.307 e. The number of halogens is 2. The van der Waals surface area contributed by atoms with E-state index >= 15 is 0 Å². The molecule has 1 unspecified atom stereocenters. The lowest BCUT2D eigenvalue weighted by molar-refractivity contribution is 0.604. The molecule has 1 atom stereocenters. The topological polar surface area (TPSA) is 12.0 Å². The van der Waals surface area contributed by atoms with Crippen LogP contribution in [-0.2, 0) is 0 Å². The monoisotopic (exact) mass is 269 g/mol. The maximum atomic E-state index is 13.5. The van der Waals surface area contributed by atoms with Crippen molar-refractivity contribution < 1.29 is 4.39 Å². The molecule has 0 aliphatic rings. The van der Waals surface area contributed by atoms with Crippen molar-refractivity contribution in [3.05, 3.63) is 57.0 Å². The van der Waals surface area contributed by atoms with Crippen LogP contribution in [0.1, 0.15) is 24.1 Å². The minimum Gasteiger partial charge on any atom is -0.307 e. The molecule has 0 saturated carbocycles. The summed E-state index contributed by atoms with van der Waals surface area (Å²) in [5, 5.41) is 7.60. The van der Waals surface area contributed by atoms with E-state index in [9.17, 15) is 4.39 Å². The summed E-state index contributed by atoms with van der Waals surface area (Å²) >= 11 is 7.33. The van der Waals surface area contributed by atoms with Gasteiger partial charge in [0, 0.05) is 0 Å². The molecule has 0 aliphatic carbocycles. The third-order valence-electron chi connectivity index (χ3n) is 2.56. The van der Waals surface area contributed by atoms with Crippen LogP contribution in [0.3, 0.4) is 0 Å². The molecule has 0 spiro atoms. The van der Waals surface area contributed by atoms with Crippen LogP contribution in [0.15, 0.2) is 35.0 Å². The Morgan fingerprint density at radius 2 is 2.18 bits per heavy atom. The summed E-state index contributed by atoms with van der Waals surface area (Å²) in [7, 11) is 0. The molecule has 0 amide bonds. The van der Waals surface area contributed by atoms with E-state index in [1.165, 1.54) is 6.07 Å². The van der Waals surface area contributed by atoms with E-state index in [4.69, 9.17) is 11.6 Å². The molecule has 1 aromatic heterocycles. The van der Waals surface area contributed by atoms with E-state index in [-0.39, 0.29) is 16.9 Å². The van der Waals surface area contributed by atoms with Crippen molar-refractivity contribution in [1.29, 1.82) is 0 Å². The van der Waals surface area contributed by atoms with Gasteiger partial charge < -0.3 is 5.32 Å². The Labute approximate surface area is 109 Å². The highest BCUT2D eigenvalue weighted by Gasteiger charge is 2.14. The van der Waals surface area contributed by atoms with Gasteiger partial charge in [0.1, 0.15) is 5.82 Å². The van der Waals surface area contributed by atoms with Crippen LogP contribution in [0.4, 0.5) is 4.39 Å². The molecule has 0 bridgehead atoms. The van der Waals surface area contributed by atoms with E-state index in [0.29, 0.717) is 0 Å². The predicted octanol–water partition coefficient (Wildman–Crippen LogP) is 4.24. The van der Waals surface area contributed by atoms with Gasteiger partial charge in [-0.2, -0.15) is 11.3 Å². The molecular weight excluding hydrogens is 257 g/mol. The Morgan fingerprint density at radius 1 is 1.35 bits per heavy atom. The number of nitrogens with one attached hydrogen (secondary N) is 1. The highest BCUT2D eigenvalue weighted by atomic mass is 35.5. The average Bonchev–Trinajstić information content (AvgIpc) is 2.83. The van der Waals surface area contributed by atoms with Crippen molar-refractivity contribution in [2.75, 3.05) is 6.54 Å². The second-order valence-electron chi connectivity index (χ2n) is 3.72. The van der Waals surface area contributed by atoms with Gasteiger partial charge in [-0.05, 0) is 46.6 Å². The zero-order valence-electron chi connectivity index (χ0n) is 9.41. The number of thiophene rings is 1. The molecule has 90 valence electrons. The van der Waals surface area contributed by atoms with E-state index in [0.717, 1.165) is 17.7 Å². The highest BCUT2D eigenvalue weighted by molar-refractivity contribution is 7.08. The van der Waals surface area contributed by atoms with E-state index in [1.54, 1.807) is 17.4 Å². The molecule has 1 nitrogen and oxygen atoms in total. The molecule has 1 aromatic carbocycles. The summed E-state index contributed by atoms with van der Waals surface area (Å²) in [5.41, 5.74) is 2.05. The number of hydrogen-bond acceptors (Lipinski definition) is 2. The first-order chi connectivity index (χ1) is 8.22. The van der Waals surface area contributed by atoms with Crippen LogP contribution in [0.5, 0.6) is 0 Å². The lowest BCUT2D eigenvalue weighted by Gasteiger charge is -2.17. The molecule has 0 fully saturated rings. The quantitative estimate of drug-likeness (QED) is 0.875. The van der Waals surface area contributed by atoms with Gasteiger partial charge in [-0.3, -0.25) is 0 Å². The summed E-state index contributed by atoms with van der Waals surface area (Å²) in [5.74, 6) is -0.373. The molecule has 2 aromatic rings. The van der Waals surface area contributed by atoms with Gasteiger partial charge in [-0.15, -0.1) is 0 Å². The van der Waals surface area contributed by atoms with Gasteiger partial charge in [-0.1, -0.05) is 24.6 Å². The van der Waals surface area contributed by atoms with Crippen LogP contribution >= 0.6 is 22.9 Å². The van der Waals surface area contributed by atoms with Crippen molar-refractivity contribution in [3.8, 4) is 0 Å². The highest BCUT2D eigenvalue weighted by Crippen LogP contribution is 2.26. The van der Waals surface area contributed by atoms with Crippen LogP contribution in [0.2, 0.25) is 5.02 Å². The SMILES string of the molecule is CCNC(c1ccsc1)c1ccc(Cl)c(F)c1. The van der Waals surface area contributed by atoms with Crippen molar-refractivity contribution >= 4 is 22.9 Å². The molecule has 2 rings (SSSR count). The second kappa shape index (κ2) is 5.63. The first-order valence-corrected chi connectivity index (χ1v) is 6.75. The molecule has 0 aliphatic heterocycles. The maximum absolute atomic E-state index is 13.5. The molecule has 1 N–H and O–H groups in total. The van der Waals surface area contributed by atoms with E-state index in [2.05, 4.69) is 10.7 Å². The number of hydrogen-bond donors (Lipinski definition) is 1. The fourth-order valence-corrected chi connectivity index (χ4v) is 2.57. The molecular formula is C13H13ClFNS. The number of benzene rings is 1. The zero-order valence-corrected chi connectivity index (χ0v) is 11.0. The molecule has 0 saturated heterocycles. The zero-order chi connectivity index (χ0) is 12.3. The fraction of sp³-hybridized carbons (Fsp3) is 0.231. The average molecular weight is 270 g/mol. The molecule has 0 radical (unpaired) electrons. The van der Waals surface area contributed by atoms with E-state index in [1.807, 2.05) is 24.4 Å². The Kier molecular flexibility index (Phi) is 4.15. The maximum Gasteiger partial charge on any atom is 0.142 e. The van der Waals surface area contributed by atoms with Crippen LogP contribution in [0, 0.1) is 5.82 Å². The summed E-state index contributed by atoms with van der Waals surface area (Å²) < 4.78 is 13.5. The fourth-order valence-electron chi connectivity index (χ4n) is 1.76. The van der Waals surface area contributed by atoms with Gasteiger partial charge in [0.2, 0.25) is 0 Å². The molecule has 17 heavy (non-hydrogen) atoms. The van der Waals surface area contributed by atoms with Gasteiger partial charge in [0.05, 0.1) is 11.1 Å². The minimum atomic E-state index is -0.373. The van der Waals surface area contributed by atoms with Gasteiger partial charge in [-0.25, -0.2) is 4.39 Å². The third kappa shape index (κ3) is 2.86. The Morgan fingerprint density at radius 3 is 2.76 bits per heavy atom. The van der Waals surface area contributed by atoms with Crippen LogP contribution in [0.25, 0.3) is 0 Å². The van der Waals surface area contributed by atoms with Crippen LogP contribution < -0.4 is 5.32 Å². The second-order valence-corrected chi connectivity index (χ2v) is 4.91. The van der Waals surface area contributed by atoms with Gasteiger partial charge in [0.15, 0.2) is 0 Å². The predicted molar refractivity (Wildman–Crippen MR) is 71.2 cm³/mol. The van der Waals surface area contributed by atoms with Crippen LogP contribution in [-0.4, -0.2) is 6.54 Å². The first kappa shape index (κ1) is 12.6. The normalized spacial score (nSPS) is 12.6. The standard InChI is InChI=1S/C13H13ClFNS/c1-2-16-13(10-5-6-17-8-10)9-3-4-11(14)12(15)7-9/h3-8,13,16H,2H2,1H3. The lowest BCUT2D eigenvalue weighted by Crippen LogP contribution is -2.21. The Balaban J connectivity index is 2.35. The van der Waals surface area contributed by atoms with Gasteiger partial charge >= 0.3 is 0 Å². The first-order valence-electron chi connectivity index (χ1n) is 5.42. The molecule has 1 heterocycles. The van der Waals surface area contributed by atoms with Crippen molar-refractivity contribution in [2.24, 2.45) is 0 Å². The van der Waals surface area contributed by atoms with Crippen molar-refractivity contribution in [2.45, 2.75) is 13.0 Å². The Hall–Kier alpha value is -0.900. The van der Waals surface area contributed by atoms with E-state index < -0.39 is 0 Å². The molecule has 4 heteroatoms. The Bertz CT molecular complexity index is 484. The smallest absolute Gasteiger partial charge is 0.142 e. The summed E-state index contributed by atoms with van der Waals surface area (Å²) in [6, 6.07) is 7.02. The van der Waals surface area contributed by atoms with Crippen molar-refractivity contribution in [1.82, 2.24) is 5.32 Å². The lowest BCUT2D eigenvalue weighted by atomic mass is 10.0. The third-order valence-corrected chi connectivity index (χ3v) is 3.57. The number of rotatable bonds is 4. The summed E-state index contributed by atoms with van der Waals surface area (Å²) in [6.45, 7) is 2.86. The van der Waals surface area contributed by atoms with Gasteiger partial charge in [0.25, 0.3) is 0 Å². The summed E-state index contributed by atoms with van der Waals surface area (Å²) in [4.78, 5) is 0.